The highest BCUT2D eigenvalue weighted by Crippen LogP contribution is 2.33. The molecular weight excluding hydrogens is 478 g/mol. The number of carbonyl (C=O) groups excluding carboxylic acids is 3. The Morgan fingerprint density at radius 2 is 1.92 bits per heavy atom. The van der Waals surface area contributed by atoms with Crippen molar-refractivity contribution in [1.29, 1.82) is 0 Å². The lowest BCUT2D eigenvalue weighted by Gasteiger charge is -2.33. The normalized spacial score (nSPS) is 21.2. The summed E-state index contributed by atoms with van der Waals surface area (Å²) < 4.78 is 22.8. The van der Waals surface area contributed by atoms with Crippen LogP contribution in [0.15, 0.2) is 18.2 Å². The van der Waals surface area contributed by atoms with E-state index in [4.69, 9.17) is 18.9 Å². The predicted octanol–water partition coefficient (Wildman–Crippen LogP) is 3.08. The maximum Gasteiger partial charge on any atom is 0.410 e. The highest BCUT2D eigenvalue weighted by Gasteiger charge is 2.38. The first-order chi connectivity index (χ1) is 17.7. The Kier molecular flexibility index (Phi) is 8.91. The molecule has 1 aromatic rings. The number of likely N-dealkylation sites (tertiary alicyclic amines) is 1. The van der Waals surface area contributed by atoms with Gasteiger partial charge in [-0.1, -0.05) is 6.07 Å². The van der Waals surface area contributed by atoms with Gasteiger partial charge in [-0.15, -0.1) is 0 Å². The van der Waals surface area contributed by atoms with E-state index < -0.39 is 11.6 Å². The lowest BCUT2D eigenvalue weighted by Crippen LogP contribution is -2.48. The van der Waals surface area contributed by atoms with Gasteiger partial charge in [-0.3, -0.25) is 9.59 Å². The van der Waals surface area contributed by atoms with Crippen LogP contribution in [0, 0.1) is 0 Å². The molecule has 3 aliphatic rings. The van der Waals surface area contributed by atoms with Crippen LogP contribution >= 0.6 is 0 Å². The number of rotatable bonds is 7. The smallest absolute Gasteiger partial charge is 0.410 e. The van der Waals surface area contributed by atoms with Crippen molar-refractivity contribution in [3.05, 3.63) is 29.3 Å². The number of piperidine rings is 1. The zero-order valence-corrected chi connectivity index (χ0v) is 22.1. The van der Waals surface area contributed by atoms with Gasteiger partial charge >= 0.3 is 6.09 Å². The van der Waals surface area contributed by atoms with Crippen LogP contribution in [0.2, 0.25) is 0 Å². The number of nitrogens with zero attached hydrogens (tertiary/aromatic N) is 2. The molecule has 0 saturated carbocycles. The summed E-state index contributed by atoms with van der Waals surface area (Å²) in [6, 6.07) is 4.97. The molecule has 0 radical (unpaired) electrons. The van der Waals surface area contributed by atoms with Gasteiger partial charge in [-0.2, -0.15) is 0 Å². The number of nitrogens with one attached hydrogen (secondary N) is 1. The summed E-state index contributed by atoms with van der Waals surface area (Å²) in [7, 11) is 0. The largest absolute Gasteiger partial charge is 0.493 e. The predicted molar refractivity (Wildman–Crippen MR) is 135 cm³/mol. The topological polar surface area (TPSA) is 107 Å². The maximum absolute atomic E-state index is 13.1. The Morgan fingerprint density at radius 3 is 2.68 bits per heavy atom. The molecule has 3 aliphatic heterocycles. The molecule has 3 heterocycles. The summed E-state index contributed by atoms with van der Waals surface area (Å²) in [4.78, 5) is 41.2. The third kappa shape index (κ3) is 7.13. The van der Waals surface area contributed by atoms with Crippen LogP contribution in [-0.2, 0) is 25.5 Å². The van der Waals surface area contributed by atoms with Crippen molar-refractivity contribution < 1.29 is 33.3 Å². The number of carbonyl (C=O) groups is 3. The standard InChI is InChI=1S/C27H39N3O7/c1-27(2,3)37-26(33)29-12-10-19(11-13-29)35-15-6-16-36-23-9-4-7-20-21(23)17-30(25(20)32)22-8-5-14-34-18-28-24(22)31/h4,7,9,19,22H,5-6,8,10-18H2,1-3H3,(H,28,31). The van der Waals surface area contributed by atoms with Gasteiger partial charge in [0, 0.05) is 37.2 Å². The molecule has 0 aromatic heterocycles. The summed E-state index contributed by atoms with van der Waals surface area (Å²) in [6.07, 6.45) is 3.41. The van der Waals surface area contributed by atoms with Crippen LogP contribution in [0.1, 0.15) is 68.8 Å². The molecule has 3 amide bonds. The van der Waals surface area contributed by atoms with Crippen LogP contribution in [0.25, 0.3) is 0 Å². The molecule has 10 nitrogen and oxygen atoms in total. The fraction of sp³-hybridized carbons (Fsp3) is 0.667. The fourth-order valence-electron chi connectivity index (χ4n) is 4.85. The quantitative estimate of drug-likeness (QED) is 0.554. The average Bonchev–Trinajstić information content (AvgIpc) is 3.17. The summed E-state index contributed by atoms with van der Waals surface area (Å²) in [5, 5.41) is 2.74. The van der Waals surface area contributed by atoms with Gasteiger partial charge in [0.1, 0.15) is 24.1 Å². The Labute approximate surface area is 218 Å². The number of hydrogen-bond donors (Lipinski definition) is 1. The van der Waals surface area contributed by atoms with E-state index in [2.05, 4.69) is 5.32 Å². The highest BCUT2D eigenvalue weighted by molar-refractivity contribution is 6.01. The minimum atomic E-state index is -0.508. The van der Waals surface area contributed by atoms with Gasteiger partial charge in [0.05, 0.1) is 25.9 Å². The molecular formula is C27H39N3O7. The molecule has 0 spiro atoms. The van der Waals surface area contributed by atoms with Crippen molar-refractivity contribution in [2.75, 3.05) is 39.6 Å². The first-order valence-corrected chi connectivity index (χ1v) is 13.2. The van der Waals surface area contributed by atoms with Gasteiger partial charge in [-0.25, -0.2) is 4.79 Å². The van der Waals surface area contributed by atoms with Crippen LogP contribution in [0.4, 0.5) is 4.79 Å². The minimum Gasteiger partial charge on any atom is -0.493 e. The van der Waals surface area contributed by atoms with Crippen LogP contribution in [-0.4, -0.2) is 85.1 Å². The summed E-state index contributed by atoms with van der Waals surface area (Å²) in [5.41, 5.74) is 0.929. The molecule has 4 rings (SSSR count). The van der Waals surface area contributed by atoms with E-state index in [0.717, 1.165) is 24.8 Å². The number of fused-ring (bicyclic) bond motifs is 1. The number of benzene rings is 1. The van der Waals surface area contributed by atoms with E-state index in [-0.39, 0.29) is 30.7 Å². The van der Waals surface area contributed by atoms with Crippen molar-refractivity contribution in [3.8, 4) is 5.75 Å². The zero-order valence-electron chi connectivity index (χ0n) is 22.1. The molecule has 1 atom stereocenters. The summed E-state index contributed by atoms with van der Waals surface area (Å²) in [6.45, 7) is 8.97. The summed E-state index contributed by atoms with van der Waals surface area (Å²) in [5.74, 6) is 0.356. The molecule has 1 aromatic carbocycles. The molecule has 1 unspecified atom stereocenters. The fourth-order valence-corrected chi connectivity index (χ4v) is 4.85. The van der Waals surface area contributed by atoms with Crippen LogP contribution < -0.4 is 10.1 Å². The number of hydrogen-bond acceptors (Lipinski definition) is 7. The van der Waals surface area contributed by atoms with Crippen LogP contribution in [0.5, 0.6) is 5.75 Å². The SMILES string of the molecule is CC(C)(C)OC(=O)N1CCC(OCCCOc2cccc3c2CN(C2CCCOCNC2=O)C3=O)CC1. The Morgan fingerprint density at radius 1 is 1.14 bits per heavy atom. The second-order valence-corrected chi connectivity index (χ2v) is 10.7. The minimum absolute atomic E-state index is 0.117. The lowest BCUT2D eigenvalue weighted by atomic mass is 10.1. The molecule has 0 aliphatic carbocycles. The van der Waals surface area contributed by atoms with E-state index in [9.17, 15) is 14.4 Å². The second kappa shape index (κ2) is 12.1. The van der Waals surface area contributed by atoms with Crippen molar-refractivity contribution in [3.63, 3.8) is 0 Å². The van der Waals surface area contributed by atoms with Gasteiger partial charge in [0.15, 0.2) is 0 Å². The van der Waals surface area contributed by atoms with Crippen molar-refractivity contribution in [2.45, 2.75) is 77.2 Å². The molecule has 204 valence electrons. The average molecular weight is 518 g/mol. The third-order valence-corrected chi connectivity index (χ3v) is 6.74. The Balaban J connectivity index is 1.21. The Hall–Kier alpha value is -2.85. The Bertz CT molecular complexity index is 969. The first-order valence-electron chi connectivity index (χ1n) is 13.2. The van der Waals surface area contributed by atoms with E-state index in [1.54, 1.807) is 15.9 Å². The van der Waals surface area contributed by atoms with E-state index in [1.807, 2.05) is 32.9 Å². The van der Waals surface area contributed by atoms with Crippen LogP contribution in [0.3, 0.4) is 0 Å². The zero-order chi connectivity index (χ0) is 26.4. The summed E-state index contributed by atoms with van der Waals surface area (Å²) >= 11 is 0. The van der Waals surface area contributed by atoms with Gasteiger partial charge in [0.2, 0.25) is 5.91 Å². The van der Waals surface area contributed by atoms with E-state index >= 15 is 0 Å². The van der Waals surface area contributed by atoms with E-state index in [1.165, 1.54) is 0 Å². The van der Waals surface area contributed by atoms with E-state index in [0.29, 0.717) is 63.6 Å². The second-order valence-electron chi connectivity index (χ2n) is 10.7. The van der Waals surface area contributed by atoms with Crippen molar-refractivity contribution in [1.82, 2.24) is 15.1 Å². The third-order valence-electron chi connectivity index (χ3n) is 6.74. The molecule has 2 saturated heterocycles. The van der Waals surface area contributed by atoms with Gasteiger partial charge < -0.3 is 34.1 Å². The lowest BCUT2D eigenvalue weighted by molar-refractivity contribution is -0.129. The highest BCUT2D eigenvalue weighted by atomic mass is 16.6. The molecule has 1 N–H and O–H groups in total. The molecule has 0 bridgehead atoms. The van der Waals surface area contributed by atoms with Crippen molar-refractivity contribution in [2.24, 2.45) is 0 Å². The van der Waals surface area contributed by atoms with Gasteiger partial charge in [-0.05, 0) is 58.6 Å². The number of amides is 3. The maximum atomic E-state index is 13.1. The molecule has 37 heavy (non-hydrogen) atoms. The molecule has 10 heteroatoms. The number of ether oxygens (including phenoxy) is 4. The molecule has 2 fully saturated rings. The van der Waals surface area contributed by atoms with Gasteiger partial charge in [0.25, 0.3) is 5.91 Å². The van der Waals surface area contributed by atoms with Crippen molar-refractivity contribution >= 4 is 17.9 Å². The first kappa shape index (κ1) is 27.2. The monoisotopic (exact) mass is 517 g/mol.